The first kappa shape index (κ1) is 21.6. The molecule has 0 bridgehead atoms. The Balaban J connectivity index is 1.80. The molecule has 2 aliphatic heterocycles. The second kappa shape index (κ2) is 8.48. The fraction of sp³-hybridized carbons (Fsp3) is 0.360. The number of nitrogens with zero attached hydrogens (tertiary/aromatic N) is 3. The highest BCUT2D eigenvalue weighted by Gasteiger charge is 2.43. The molecule has 4 rings (SSSR count). The number of anilines is 1. The molecular weight excluding hydrogens is 410 g/mol. The summed E-state index contributed by atoms with van der Waals surface area (Å²) in [5.41, 5.74) is 4.21. The predicted octanol–water partition coefficient (Wildman–Crippen LogP) is 4.27. The first-order valence-corrected chi connectivity index (χ1v) is 11.0. The molecule has 0 N–H and O–H groups in total. The van der Waals surface area contributed by atoms with Crippen molar-refractivity contribution in [2.75, 3.05) is 32.1 Å². The van der Waals surface area contributed by atoms with Crippen molar-refractivity contribution in [3.8, 4) is 0 Å². The summed E-state index contributed by atoms with van der Waals surface area (Å²) in [6.45, 7) is 5.83. The lowest BCUT2D eigenvalue weighted by Gasteiger charge is -2.36. The van der Waals surface area contributed by atoms with E-state index < -0.39 is 0 Å². The number of likely N-dealkylation sites (N-methyl/N-ethyl adjacent to an activating group) is 1. The standard InChI is InChI=1S/C25H28ClN3O2/c1-16-5-7-18(8-6-16)22-23(28(4)20-11-13-27(3)14-12-20)25(31)29(24(22)30)21-10-9-19(26)15-17(21)2/h5-10,15,20H,11-14H2,1-4H3. The average molecular weight is 438 g/mol. The van der Waals surface area contributed by atoms with E-state index in [0.717, 1.165) is 42.6 Å². The van der Waals surface area contributed by atoms with Crippen molar-refractivity contribution in [2.24, 2.45) is 0 Å². The smallest absolute Gasteiger partial charge is 0.282 e. The Hall–Kier alpha value is -2.63. The molecular formula is C25H28ClN3O2. The molecule has 0 aliphatic carbocycles. The van der Waals surface area contributed by atoms with Gasteiger partial charge in [-0.3, -0.25) is 9.59 Å². The predicted molar refractivity (Wildman–Crippen MR) is 125 cm³/mol. The largest absolute Gasteiger partial charge is 0.366 e. The molecule has 2 aliphatic rings. The number of rotatable bonds is 4. The molecule has 0 atom stereocenters. The molecule has 2 heterocycles. The fourth-order valence-electron chi connectivity index (χ4n) is 4.48. The van der Waals surface area contributed by atoms with Gasteiger partial charge in [-0.25, -0.2) is 4.90 Å². The van der Waals surface area contributed by atoms with Gasteiger partial charge in [0.05, 0.1) is 11.3 Å². The van der Waals surface area contributed by atoms with Crippen LogP contribution < -0.4 is 4.90 Å². The Bertz CT molecular complexity index is 1050. The number of carbonyl (C=O) groups is 2. The highest BCUT2D eigenvalue weighted by atomic mass is 35.5. The van der Waals surface area contributed by atoms with Gasteiger partial charge in [-0.05, 0) is 76.2 Å². The summed E-state index contributed by atoms with van der Waals surface area (Å²) in [7, 11) is 4.06. The zero-order valence-corrected chi connectivity index (χ0v) is 19.2. The minimum absolute atomic E-state index is 0.217. The van der Waals surface area contributed by atoms with Crippen molar-refractivity contribution < 1.29 is 9.59 Å². The Morgan fingerprint density at radius 3 is 2.23 bits per heavy atom. The van der Waals surface area contributed by atoms with Crippen molar-refractivity contribution in [3.63, 3.8) is 0 Å². The van der Waals surface area contributed by atoms with E-state index in [9.17, 15) is 9.59 Å². The third kappa shape index (κ3) is 4.00. The van der Waals surface area contributed by atoms with E-state index in [4.69, 9.17) is 11.6 Å². The molecule has 1 fully saturated rings. The van der Waals surface area contributed by atoms with Gasteiger partial charge in [-0.2, -0.15) is 0 Å². The summed E-state index contributed by atoms with van der Waals surface area (Å²) >= 11 is 6.12. The molecule has 2 aromatic rings. The van der Waals surface area contributed by atoms with Crippen LogP contribution in [0, 0.1) is 13.8 Å². The normalized spacial score (nSPS) is 18.3. The maximum absolute atomic E-state index is 13.7. The molecule has 0 unspecified atom stereocenters. The van der Waals surface area contributed by atoms with E-state index >= 15 is 0 Å². The third-order valence-corrected chi connectivity index (χ3v) is 6.62. The number of amides is 2. The summed E-state index contributed by atoms with van der Waals surface area (Å²) in [6, 6.07) is 13.3. The quantitative estimate of drug-likeness (QED) is 0.670. The molecule has 0 spiro atoms. The molecule has 6 heteroatoms. The van der Waals surface area contributed by atoms with Gasteiger partial charge >= 0.3 is 0 Å². The topological polar surface area (TPSA) is 43.9 Å². The van der Waals surface area contributed by atoms with Crippen LogP contribution >= 0.6 is 11.6 Å². The fourth-order valence-corrected chi connectivity index (χ4v) is 4.71. The summed E-state index contributed by atoms with van der Waals surface area (Å²) in [5.74, 6) is -0.554. The van der Waals surface area contributed by atoms with Gasteiger partial charge in [-0.1, -0.05) is 41.4 Å². The number of aryl methyl sites for hydroxylation is 2. The zero-order chi connectivity index (χ0) is 22.3. The second-order valence-electron chi connectivity index (χ2n) is 8.61. The molecule has 0 saturated carbocycles. The summed E-state index contributed by atoms with van der Waals surface area (Å²) in [6.07, 6.45) is 1.91. The number of likely N-dealkylation sites (tertiary alicyclic amines) is 1. The Kier molecular flexibility index (Phi) is 5.91. The lowest BCUT2D eigenvalue weighted by Crippen LogP contribution is -2.43. The van der Waals surface area contributed by atoms with Crippen LogP contribution in [-0.4, -0.2) is 54.8 Å². The molecule has 5 nitrogen and oxygen atoms in total. The Morgan fingerprint density at radius 2 is 1.61 bits per heavy atom. The second-order valence-corrected chi connectivity index (χ2v) is 9.05. The number of carbonyl (C=O) groups excluding carboxylic acids is 2. The van der Waals surface area contributed by atoms with Crippen LogP contribution in [0.4, 0.5) is 5.69 Å². The Morgan fingerprint density at radius 1 is 0.968 bits per heavy atom. The minimum Gasteiger partial charge on any atom is -0.366 e. The van der Waals surface area contributed by atoms with Crippen LogP contribution in [0.5, 0.6) is 0 Å². The van der Waals surface area contributed by atoms with Crippen LogP contribution in [0.25, 0.3) is 5.57 Å². The van der Waals surface area contributed by atoms with Gasteiger partial charge < -0.3 is 9.80 Å². The monoisotopic (exact) mass is 437 g/mol. The SMILES string of the molecule is Cc1ccc(C2=C(N(C)C3CCN(C)CC3)C(=O)N(c3ccc(Cl)cc3C)C2=O)cc1. The molecule has 31 heavy (non-hydrogen) atoms. The molecule has 1 saturated heterocycles. The van der Waals surface area contributed by atoms with Crippen molar-refractivity contribution in [3.05, 3.63) is 69.9 Å². The highest BCUT2D eigenvalue weighted by molar-refractivity contribution is 6.45. The molecule has 0 aromatic heterocycles. The van der Waals surface area contributed by atoms with Gasteiger partial charge in [0.25, 0.3) is 11.8 Å². The van der Waals surface area contributed by atoms with E-state index in [2.05, 4.69) is 11.9 Å². The van der Waals surface area contributed by atoms with E-state index in [1.165, 1.54) is 4.90 Å². The highest BCUT2D eigenvalue weighted by Crippen LogP contribution is 2.37. The lowest BCUT2D eigenvalue weighted by atomic mass is 9.99. The molecule has 2 aromatic carbocycles. The minimum atomic E-state index is -0.283. The number of hydrogen-bond donors (Lipinski definition) is 0. The third-order valence-electron chi connectivity index (χ3n) is 6.39. The number of hydrogen-bond acceptors (Lipinski definition) is 4. The van der Waals surface area contributed by atoms with Gasteiger partial charge in [0.15, 0.2) is 0 Å². The first-order valence-electron chi connectivity index (χ1n) is 10.7. The van der Waals surface area contributed by atoms with E-state index in [0.29, 0.717) is 22.0 Å². The summed E-state index contributed by atoms with van der Waals surface area (Å²) in [4.78, 5) is 33.0. The zero-order valence-electron chi connectivity index (χ0n) is 18.5. The van der Waals surface area contributed by atoms with E-state index in [1.807, 2.05) is 50.1 Å². The number of benzene rings is 2. The van der Waals surface area contributed by atoms with Gasteiger partial charge in [0.1, 0.15) is 5.70 Å². The van der Waals surface area contributed by atoms with Crippen LogP contribution in [-0.2, 0) is 9.59 Å². The lowest BCUT2D eigenvalue weighted by molar-refractivity contribution is -0.120. The van der Waals surface area contributed by atoms with Gasteiger partial charge in [0, 0.05) is 18.1 Å². The summed E-state index contributed by atoms with van der Waals surface area (Å²) < 4.78 is 0. The van der Waals surface area contributed by atoms with Crippen LogP contribution in [0.1, 0.15) is 29.5 Å². The maximum Gasteiger partial charge on any atom is 0.282 e. The van der Waals surface area contributed by atoms with Crippen molar-refractivity contribution in [1.82, 2.24) is 9.80 Å². The molecule has 2 amide bonds. The van der Waals surface area contributed by atoms with E-state index in [1.54, 1.807) is 18.2 Å². The van der Waals surface area contributed by atoms with Gasteiger partial charge in [0.2, 0.25) is 0 Å². The number of imide groups is 1. The van der Waals surface area contributed by atoms with Crippen molar-refractivity contribution >= 4 is 34.7 Å². The number of piperidine rings is 1. The molecule has 0 radical (unpaired) electrons. The van der Waals surface area contributed by atoms with Gasteiger partial charge in [-0.15, -0.1) is 0 Å². The van der Waals surface area contributed by atoms with Crippen LogP contribution in [0.15, 0.2) is 48.2 Å². The van der Waals surface area contributed by atoms with Crippen molar-refractivity contribution in [2.45, 2.75) is 32.7 Å². The number of halogens is 1. The summed E-state index contributed by atoms with van der Waals surface area (Å²) in [5, 5.41) is 0.579. The van der Waals surface area contributed by atoms with Crippen molar-refractivity contribution in [1.29, 1.82) is 0 Å². The average Bonchev–Trinajstić information content (AvgIpc) is 2.99. The van der Waals surface area contributed by atoms with E-state index in [-0.39, 0.29) is 17.9 Å². The van der Waals surface area contributed by atoms with Crippen LogP contribution in [0.3, 0.4) is 0 Å². The first-order chi connectivity index (χ1) is 14.8. The van der Waals surface area contributed by atoms with Crippen LogP contribution in [0.2, 0.25) is 5.02 Å². The molecule has 162 valence electrons. The Labute approximate surface area is 188 Å². The maximum atomic E-state index is 13.7.